The van der Waals surface area contributed by atoms with Gasteiger partial charge in [0.25, 0.3) is 0 Å². The van der Waals surface area contributed by atoms with Crippen molar-refractivity contribution >= 4 is 11.6 Å². The standard InChI is InChI=1S/C12H15NO/c1-8-5-6-12(9(2)7-8)10(3)13-11(4)14/h5-7H,3H2,1-2,4H3,(H,13,14). The fraction of sp³-hybridized carbons (Fsp3) is 0.250. The third-order valence-electron chi connectivity index (χ3n) is 2.03. The molecule has 1 N–H and O–H groups in total. The van der Waals surface area contributed by atoms with Gasteiger partial charge in [-0.05, 0) is 19.4 Å². The molecule has 1 amide bonds. The summed E-state index contributed by atoms with van der Waals surface area (Å²) in [5.74, 6) is -0.0880. The maximum Gasteiger partial charge on any atom is 0.221 e. The zero-order chi connectivity index (χ0) is 10.7. The molecule has 14 heavy (non-hydrogen) atoms. The Balaban J connectivity index is 2.96. The number of carbonyl (C=O) groups is 1. The molecule has 0 atom stereocenters. The normalized spacial score (nSPS) is 9.64. The van der Waals surface area contributed by atoms with E-state index in [1.54, 1.807) is 0 Å². The van der Waals surface area contributed by atoms with Crippen LogP contribution in [0.2, 0.25) is 0 Å². The third kappa shape index (κ3) is 2.46. The number of hydrogen-bond donors (Lipinski definition) is 1. The second-order valence-corrected chi connectivity index (χ2v) is 3.48. The average Bonchev–Trinajstić information content (AvgIpc) is 2.01. The first-order valence-corrected chi connectivity index (χ1v) is 4.55. The first-order chi connectivity index (χ1) is 6.50. The van der Waals surface area contributed by atoms with Crippen LogP contribution in [0.15, 0.2) is 24.8 Å². The fourth-order valence-electron chi connectivity index (χ4n) is 1.43. The number of amides is 1. The van der Waals surface area contributed by atoms with E-state index in [0.29, 0.717) is 5.70 Å². The highest BCUT2D eigenvalue weighted by Crippen LogP contribution is 2.16. The lowest BCUT2D eigenvalue weighted by molar-refractivity contribution is -0.117. The van der Waals surface area contributed by atoms with Crippen LogP contribution in [-0.4, -0.2) is 5.91 Å². The Kier molecular flexibility index (Phi) is 3.07. The monoisotopic (exact) mass is 189 g/mol. The van der Waals surface area contributed by atoms with Crippen LogP contribution in [0.4, 0.5) is 0 Å². The topological polar surface area (TPSA) is 29.1 Å². The van der Waals surface area contributed by atoms with E-state index in [1.807, 2.05) is 26.0 Å². The van der Waals surface area contributed by atoms with Crippen molar-refractivity contribution in [1.29, 1.82) is 0 Å². The van der Waals surface area contributed by atoms with Crippen molar-refractivity contribution in [2.75, 3.05) is 0 Å². The number of carbonyl (C=O) groups excluding carboxylic acids is 1. The van der Waals surface area contributed by atoms with Crippen molar-refractivity contribution < 1.29 is 4.79 Å². The highest BCUT2D eigenvalue weighted by atomic mass is 16.1. The summed E-state index contributed by atoms with van der Waals surface area (Å²) in [5, 5.41) is 2.69. The van der Waals surface area contributed by atoms with Crippen LogP contribution in [0, 0.1) is 13.8 Å². The molecule has 1 aromatic carbocycles. The van der Waals surface area contributed by atoms with E-state index >= 15 is 0 Å². The Bertz CT molecular complexity index is 380. The first-order valence-electron chi connectivity index (χ1n) is 4.55. The van der Waals surface area contributed by atoms with E-state index in [-0.39, 0.29) is 5.91 Å². The summed E-state index contributed by atoms with van der Waals surface area (Å²) in [6, 6.07) is 6.06. The van der Waals surface area contributed by atoms with Gasteiger partial charge >= 0.3 is 0 Å². The van der Waals surface area contributed by atoms with Crippen molar-refractivity contribution in [3.8, 4) is 0 Å². The molecule has 0 heterocycles. The molecule has 2 nitrogen and oxygen atoms in total. The molecule has 0 aliphatic rings. The van der Waals surface area contributed by atoms with E-state index in [2.05, 4.69) is 18.0 Å². The lowest BCUT2D eigenvalue weighted by Gasteiger charge is -2.10. The van der Waals surface area contributed by atoms with Crippen molar-refractivity contribution in [1.82, 2.24) is 5.32 Å². The van der Waals surface area contributed by atoms with Crippen LogP contribution in [0.5, 0.6) is 0 Å². The highest BCUT2D eigenvalue weighted by molar-refractivity contribution is 5.84. The highest BCUT2D eigenvalue weighted by Gasteiger charge is 2.03. The number of aryl methyl sites for hydroxylation is 2. The van der Waals surface area contributed by atoms with Crippen molar-refractivity contribution in [2.45, 2.75) is 20.8 Å². The summed E-state index contributed by atoms with van der Waals surface area (Å²) >= 11 is 0. The number of rotatable bonds is 2. The second-order valence-electron chi connectivity index (χ2n) is 3.48. The summed E-state index contributed by atoms with van der Waals surface area (Å²) in [5.41, 5.74) is 3.99. The average molecular weight is 189 g/mol. The molecule has 0 aliphatic heterocycles. The van der Waals surface area contributed by atoms with Gasteiger partial charge in [-0.25, -0.2) is 0 Å². The number of benzene rings is 1. The zero-order valence-corrected chi connectivity index (χ0v) is 8.85. The van der Waals surface area contributed by atoms with Crippen LogP contribution in [0.3, 0.4) is 0 Å². The molecule has 0 aliphatic carbocycles. The predicted molar refractivity (Wildman–Crippen MR) is 58.8 cm³/mol. The van der Waals surface area contributed by atoms with Crippen LogP contribution in [-0.2, 0) is 4.79 Å². The minimum atomic E-state index is -0.0880. The lowest BCUT2D eigenvalue weighted by atomic mass is 10.0. The van der Waals surface area contributed by atoms with Gasteiger partial charge in [0.1, 0.15) is 0 Å². The molecule has 74 valence electrons. The quantitative estimate of drug-likeness (QED) is 0.760. The smallest absolute Gasteiger partial charge is 0.221 e. The molecule has 2 heteroatoms. The molecule has 0 spiro atoms. The molecule has 0 fully saturated rings. The maximum absolute atomic E-state index is 10.8. The van der Waals surface area contributed by atoms with E-state index in [1.165, 1.54) is 12.5 Å². The van der Waals surface area contributed by atoms with E-state index in [0.717, 1.165) is 11.1 Å². The fourth-order valence-corrected chi connectivity index (χ4v) is 1.43. The molecular formula is C12H15NO. The van der Waals surface area contributed by atoms with Crippen molar-refractivity contribution in [3.63, 3.8) is 0 Å². The van der Waals surface area contributed by atoms with Gasteiger partial charge in [0, 0.05) is 18.2 Å². The van der Waals surface area contributed by atoms with Gasteiger partial charge in [-0.2, -0.15) is 0 Å². The van der Waals surface area contributed by atoms with E-state index < -0.39 is 0 Å². The van der Waals surface area contributed by atoms with Gasteiger partial charge in [0.05, 0.1) is 0 Å². The van der Waals surface area contributed by atoms with Crippen molar-refractivity contribution in [3.05, 3.63) is 41.5 Å². The Morgan fingerprint density at radius 3 is 2.50 bits per heavy atom. The van der Waals surface area contributed by atoms with Gasteiger partial charge in [-0.15, -0.1) is 0 Å². The minimum Gasteiger partial charge on any atom is -0.326 e. The largest absolute Gasteiger partial charge is 0.326 e. The Hall–Kier alpha value is -1.57. The first kappa shape index (κ1) is 10.5. The van der Waals surface area contributed by atoms with Crippen LogP contribution < -0.4 is 5.32 Å². The molecule has 0 saturated carbocycles. The summed E-state index contributed by atoms with van der Waals surface area (Å²) in [7, 11) is 0. The lowest BCUT2D eigenvalue weighted by Crippen LogP contribution is -2.17. The van der Waals surface area contributed by atoms with Gasteiger partial charge < -0.3 is 5.32 Å². The SMILES string of the molecule is C=C(NC(C)=O)c1ccc(C)cc1C. The van der Waals surface area contributed by atoms with E-state index in [4.69, 9.17) is 0 Å². The predicted octanol–water partition coefficient (Wildman–Crippen LogP) is 2.41. The Morgan fingerprint density at radius 1 is 1.36 bits per heavy atom. The Morgan fingerprint density at radius 2 is 2.00 bits per heavy atom. The van der Waals surface area contributed by atoms with Gasteiger partial charge in [-0.3, -0.25) is 4.79 Å². The minimum absolute atomic E-state index is 0.0880. The van der Waals surface area contributed by atoms with Gasteiger partial charge in [0.2, 0.25) is 5.91 Å². The molecule has 1 aromatic rings. The number of nitrogens with one attached hydrogen (secondary N) is 1. The zero-order valence-electron chi connectivity index (χ0n) is 8.85. The van der Waals surface area contributed by atoms with Gasteiger partial charge in [0.15, 0.2) is 0 Å². The molecule has 0 radical (unpaired) electrons. The molecule has 0 aromatic heterocycles. The molecule has 0 saturated heterocycles. The van der Waals surface area contributed by atoms with Crippen LogP contribution in [0.25, 0.3) is 5.70 Å². The summed E-state index contributed by atoms with van der Waals surface area (Å²) in [4.78, 5) is 10.8. The molecule has 0 unspecified atom stereocenters. The van der Waals surface area contributed by atoms with Crippen LogP contribution >= 0.6 is 0 Å². The summed E-state index contributed by atoms with van der Waals surface area (Å²) in [6.07, 6.45) is 0. The van der Waals surface area contributed by atoms with E-state index in [9.17, 15) is 4.79 Å². The molecular weight excluding hydrogens is 174 g/mol. The van der Waals surface area contributed by atoms with Crippen LogP contribution in [0.1, 0.15) is 23.6 Å². The summed E-state index contributed by atoms with van der Waals surface area (Å²) in [6.45, 7) is 9.35. The third-order valence-corrected chi connectivity index (χ3v) is 2.03. The maximum atomic E-state index is 10.8. The number of hydrogen-bond acceptors (Lipinski definition) is 1. The Labute approximate surface area is 84.6 Å². The molecule has 0 bridgehead atoms. The van der Waals surface area contributed by atoms with Crippen molar-refractivity contribution in [2.24, 2.45) is 0 Å². The second kappa shape index (κ2) is 4.09. The summed E-state index contributed by atoms with van der Waals surface area (Å²) < 4.78 is 0. The molecule has 1 rings (SSSR count). The van der Waals surface area contributed by atoms with Gasteiger partial charge in [-0.1, -0.05) is 30.3 Å².